The van der Waals surface area contributed by atoms with Crippen molar-refractivity contribution < 1.29 is 18.5 Å². The summed E-state index contributed by atoms with van der Waals surface area (Å²) >= 11 is 0. The Hall–Kier alpha value is -2.06. The molecule has 2 rings (SSSR count). The molecule has 0 saturated carbocycles. The molecule has 0 aliphatic heterocycles. The van der Waals surface area contributed by atoms with Gasteiger partial charge in [0.05, 0.1) is 5.92 Å². The first kappa shape index (κ1) is 17.3. The summed E-state index contributed by atoms with van der Waals surface area (Å²) in [5.41, 5.74) is 1.85. The molecule has 2 atom stereocenters. The van der Waals surface area contributed by atoms with Crippen LogP contribution in [0.3, 0.4) is 0 Å². The molecule has 3 nitrogen and oxygen atoms in total. The van der Waals surface area contributed by atoms with E-state index in [1.807, 2.05) is 30.3 Å². The summed E-state index contributed by atoms with van der Waals surface area (Å²) in [5, 5.41) is 0. The first-order valence-electron chi connectivity index (χ1n) is 7.39. The van der Waals surface area contributed by atoms with Crippen molar-refractivity contribution in [3.8, 4) is 11.1 Å². The van der Waals surface area contributed by atoms with Gasteiger partial charge in [-0.05, 0) is 24.1 Å². The number of esters is 1. The number of hydrogen-bond acceptors (Lipinski definition) is 3. The van der Waals surface area contributed by atoms with Gasteiger partial charge in [0.25, 0.3) is 0 Å². The van der Waals surface area contributed by atoms with Crippen LogP contribution in [0.25, 0.3) is 11.1 Å². The Morgan fingerprint density at radius 1 is 1.22 bits per heavy atom. The van der Waals surface area contributed by atoms with Crippen molar-refractivity contribution in [3.05, 3.63) is 59.9 Å². The van der Waals surface area contributed by atoms with E-state index in [9.17, 15) is 13.8 Å². The van der Waals surface area contributed by atoms with Gasteiger partial charge in [-0.3, -0.25) is 4.79 Å². The fourth-order valence-electron chi connectivity index (χ4n) is 2.19. The van der Waals surface area contributed by atoms with Crippen molar-refractivity contribution in [1.82, 2.24) is 0 Å². The fourth-order valence-corrected chi connectivity index (χ4v) is 2.54. The van der Waals surface area contributed by atoms with Crippen LogP contribution < -0.4 is 0 Å². The van der Waals surface area contributed by atoms with E-state index in [0.29, 0.717) is 17.3 Å². The van der Waals surface area contributed by atoms with Crippen molar-refractivity contribution in [3.63, 3.8) is 0 Å². The van der Waals surface area contributed by atoms with Crippen LogP contribution in [0.5, 0.6) is 0 Å². The van der Waals surface area contributed by atoms with Crippen LogP contribution >= 0.6 is 7.80 Å². The number of ether oxygens (including phenoxy) is 1. The highest BCUT2D eigenvalue weighted by Gasteiger charge is 2.19. The molecular weight excluding hydrogens is 314 g/mol. The monoisotopic (exact) mass is 333 g/mol. The van der Waals surface area contributed by atoms with Crippen molar-refractivity contribution in [2.75, 3.05) is 19.4 Å². The van der Waals surface area contributed by atoms with Crippen LogP contribution in [0.4, 0.5) is 4.39 Å². The smallest absolute Gasteiger partial charge is 0.339 e. The largest absolute Gasteiger partial charge is 0.461 e. The summed E-state index contributed by atoms with van der Waals surface area (Å²) in [6.45, 7) is 3.38. The second-order valence-corrected chi connectivity index (χ2v) is 7.05. The summed E-state index contributed by atoms with van der Waals surface area (Å²) in [5.74, 6) is -1.37. The first-order chi connectivity index (χ1) is 11.0. The maximum Gasteiger partial charge on any atom is 0.339 e. The molecule has 2 aromatic carbocycles. The summed E-state index contributed by atoms with van der Waals surface area (Å²) in [4.78, 5) is 12.0. The van der Waals surface area contributed by atoms with Gasteiger partial charge < -0.3 is 4.74 Å². The first-order valence-corrected chi connectivity index (χ1v) is 9.28. The number of benzene rings is 2. The van der Waals surface area contributed by atoms with E-state index in [2.05, 4.69) is 0 Å². The summed E-state index contributed by atoms with van der Waals surface area (Å²) < 4.78 is 30.4. The average molecular weight is 333 g/mol. The quantitative estimate of drug-likeness (QED) is 0.573. The van der Waals surface area contributed by atoms with Crippen molar-refractivity contribution in [2.24, 2.45) is 0 Å². The number of carbonyl (C=O) groups excluding carboxylic acids is 1. The van der Waals surface area contributed by atoms with Gasteiger partial charge in [-0.2, -0.15) is 0 Å². The van der Waals surface area contributed by atoms with Crippen molar-refractivity contribution in [2.45, 2.75) is 12.8 Å². The molecule has 5 heteroatoms. The Bertz CT molecular complexity index is 701. The number of carbonyl (C=O) groups is 1. The van der Waals surface area contributed by atoms with Gasteiger partial charge in [-0.1, -0.05) is 47.0 Å². The topological polar surface area (TPSA) is 43.4 Å². The maximum atomic E-state index is 14.3. The van der Waals surface area contributed by atoms with Gasteiger partial charge >= 0.3 is 13.8 Å². The maximum absolute atomic E-state index is 14.3. The number of hydrogen-bond donors (Lipinski definition) is 0. The SMILES string of the molecule is CC(C(=O)OCC[P+](C)=O)c1ccc(-c2ccccc2)c(F)c1. The lowest BCUT2D eigenvalue weighted by Gasteiger charge is -2.12. The van der Waals surface area contributed by atoms with E-state index in [1.54, 1.807) is 25.7 Å². The zero-order chi connectivity index (χ0) is 16.8. The molecule has 0 spiro atoms. The third-order valence-electron chi connectivity index (χ3n) is 3.58. The molecule has 120 valence electrons. The molecule has 0 aromatic heterocycles. The standard InChI is InChI=1S/C18H19FO3P/c1-13(18(20)22-10-11-23(2)21)15-8-9-16(17(19)12-15)14-6-4-3-5-7-14/h3-9,12-13H,10-11H2,1-2H3/q+1. The van der Waals surface area contributed by atoms with Crippen LogP contribution in [0.1, 0.15) is 18.4 Å². The van der Waals surface area contributed by atoms with E-state index in [0.717, 1.165) is 5.56 Å². The highest BCUT2D eigenvalue weighted by molar-refractivity contribution is 7.43. The van der Waals surface area contributed by atoms with Crippen LogP contribution in [0.2, 0.25) is 0 Å². The van der Waals surface area contributed by atoms with Crippen LogP contribution in [-0.2, 0) is 14.1 Å². The second kappa shape index (κ2) is 7.98. The van der Waals surface area contributed by atoms with Crippen LogP contribution in [0.15, 0.2) is 48.5 Å². The van der Waals surface area contributed by atoms with Gasteiger partial charge in [-0.15, -0.1) is 0 Å². The minimum Gasteiger partial charge on any atom is -0.461 e. The van der Waals surface area contributed by atoms with E-state index in [-0.39, 0.29) is 12.4 Å². The predicted octanol–water partition coefficient (Wildman–Crippen LogP) is 4.60. The van der Waals surface area contributed by atoms with E-state index in [4.69, 9.17) is 4.74 Å². The minimum atomic E-state index is -1.33. The summed E-state index contributed by atoms with van der Waals surface area (Å²) in [6.07, 6.45) is 0.342. The van der Waals surface area contributed by atoms with Gasteiger partial charge in [0.1, 0.15) is 19.1 Å². The molecule has 0 heterocycles. The number of halogens is 1. The molecule has 0 aliphatic rings. The normalized spacial score (nSPS) is 12.6. The Kier molecular flexibility index (Phi) is 6.00. The molecule has 0 radical (unpaired) electrons. The summed E-state index contributed by atoms with van der Waals surface area (Å²) in [7, 11) is -1.33. The molecular formula is C18H19FO3P+. The zero-order valence-electron chi connectivity index (χ0n) is 13.2. The molecule has 2 unspecified atom stereocenters. The number of rotatable bonds is 6. The lowest BCUT2D eigenvalue weighted by atomic mass is 9.97. The summed E-state index contributed by atoms with van der Waals surface area (Å²) in [6, 6.07) is 14.0. The molecule has 0 aliphatic carbocycles. The van der Waals surface area contributed by atoms with Gasteiger partial charge in [-0.25, -0.2) is 4.39 Å². The molecule has 0 amide bonds. The van der Waals surface area contributed by atoms with Crippen LogP contribution in [0, 0.1) is 5.82 Å². The molecule has 23 heavy (non-hydrogen) atoms. The third-order valence-corrected chi connectivity index (χ3v) is 4.39. The average Bonchev–Trinajstić information content (AvgIpc) is 2.54. The third kappa shape index (κ3) is 4.70. The lowest BCUT2D eigenvalue weighted by molar-refractivity contribution is -0.144. The van der Waals surface area contributed by atoms with Crippen molar-refractivity contribution in [1.29, 1.82) is 0 Å². The molecule has 0 N–H and O–H groups in total. The van der Waals surface area contributed by atoms with Gasteiger partial charge in [0.15, 0.2) is 6.16 Å². The molecule has 0 saturated heterocycles. The Morgan fingerprint density at radius 3 is 2.52 bits per heavy atom. The second-order valence-electron chi connectivity index (χ2n) is 5.35. The van der Waals surface area contributed by atoms with Crippen molar-refractivity contribution >= 4 is 13.8 Å². The van der Waals surface area contributed by atoms with Gasteiger partial charge in [0, 0.05) is 5.56 Å². The predicted molar refractivity (Wildman–Crippen MR) is 89.6 cm³/mol. The van der Waals surface area contributed by atoms with E-state index in [1.165, 1.54) is 6.07 Å². The highest BCUT2D eigenvalue weighted by Crippen LogP contribution is 2.26. The molecule has 2 aromatic rings. The van der Waals surface area contributed by atoms with E-state index < -0.39 is 19.7 Å². The van der Waals surface area contributed by atoms with Gasteiger partial charge in [0.2, 0.25) is 0 Å². The van der Waals surface area contributed by atoms with Crippen LogP contribution in [-0.4, -0.2) is 25.4 Å². The minimum absolute atomic E-state index is 0.124. The van der Waals surface area contributed by atoms with E-state index >= 15 is 0 Å². The molecule has 0 bridgehead atoms. The Labute approximate surface area is 136 Å². The lowest BCUT2D eigenvalue weighted by Crippen LogP contribution is -2.15. The highest BCUT2D eigenvalue weighted by atomic mass is 31.1. The molecule has 0 fully saturated rings. The Balaban J connectivity index is 2.10. The Morgan fingerprint density at radius 2 is 1.91 bits per heavy atom. The fraction of sp³-hybridized carbons (Fsp3) is 0.278. The zero-order valence-corrected chi connectivity index (χ0v) is 14.1.